The molecule has 0 aliphatic heterocycles. The molecule has 0 aromatic heterocycles. The third-order valence-corrected chi connectivity index (χ3v) is 2.12. The number of ether oxygens (including phenoxy) is 1. The number of hydrogen-bond donors (Lipinski definition) is 2. The van der Waals surface area contributed by atoms with Gasteiger partial charge in [0, 0.05) is 5.69 Å². The Morgan fingerprint density at radius 3 is 2.71 bits per heavy atom. The zero-order valence-corrected chi connectivity index (χ0v) is 9.95. The maximum absolute atomic E-state index is 11.2. The average molecular weight is 258 g/mol. The van der Waals surface area contributed by atoms with E-state index < -0.39 is 18.3 Å². The van der Waals surface area contributed by atoms with Gasteiger partial charge in [-0.05, 0) is 25.1 Å². The van der Waals surface area contributed by atoms with Gasteiger partial charge in [-0.2, -0.15) is 0 Å². The molecule has 0 unspecified atom stereocenters. The Morgan fingerprint density at radius 1 is 1.47 bits per heavy atom. The van der Waals surface area contributed by atoms with E-state index in [4.69, 9.17) is 21.4 Å². The van der Waals surface area contributed by atoms with Gasteiger partial charge in [0.2, 0.25) is 5.91 Å². The number of amides is 1. The summed E-state index contributed by atoms with van der Waals surface area (Å²) in [6, 6.07) is 4.71. The van der Waals surface area contributed by atoms with Gasteiger partial charge < -0.3 is 15.2 Å². The number of carbonyl (C=O) groups is 2. The first-order chi connectivity index (χ1) is 8.02. The van der Waals surface area contributed by atoms with Gasteiger partial charge in [-0.3, -0.25) is 9.59 Å². The van der Waals surface area contributed by atoms with Crippen molar-refractivity contribution in [2.45, 2.75) is 13.3 Å². The number of hydrogen-bond acceptors (Lipinski definition) is 3. The highest BCUT2D eigenvalue weighted by molar-refractivity contribution is 6.32. The Morgan fingerprint density at radius 2 is 2.18 bits per heavy atom. The molecular weight excluding hydrogens is 246 g/mol. The molecular formula is C11H12ClNO4. The molecule has 1 amide bonds. The molecule has 92 valence electrons. The Balaban J connectivity index is 2.70. The van der Waals surface area contributed by atoms with Gasteiger partial charge in [-0.1, -0.05) is 11.6 Å². The maximum Gasteiger partial charge on any atom is 0.312 e. The molecule has 1 aromatic rings. The molecule has 1 rings (SSSR count). The van der Waals surface area contributed by atoms with E-state index in [0.29, 0.717) is 23.1 Å². The molecule has 6 heteroatoms. The van der Waals surface area contributed by atoms with E-state index in [2.05, 4.69) is 5.32 Å². The number of halogens is 1. The lowest BCUT2D eigenvalue weighted by molar-refractivity contribution is -0.139. The van der Waals surface area contributed by atoms with E-state index in [1.165, 1.54) is 6.07 Å². The molecule has 0 heterocycles. The molecule has 0 atom stereocenters. The number of aliphatic carboxylic acids is 1. The lowest BCUT2D eigenvalue weighted by atomic mass is 10.3. The van der Waals surface area contributed by atoms with Crippen molar-refractivity contribution in [1.29, 1.82) is 0 Å². The Kier molecular flexibility index (Phi) is 4.78. The molecule has 1 aromatic carbocycles. The zero-order chi connectivity index (χ0) is 12.8. The first-order valence-corrected chi connectivity index (χ1v) is 5.34. The van der Waals surface area contributed by atoms with Crippen LogP contribution in [0.25, 0.3) is 0 Å². The molecule has 0 saturated carbocycles. The van der Waals surface area contributed by atoms with Crippen LogP contribution < -0.4 is 10.1 Å². The van der Waals surface area contributed by atoms with Gasteiger partial charge in [0.1, 0.15) is 12.2 Å². The highest BCUT2D eigenvalue weighted by atomic mass is 35.5. The van der Waals surface area contributed by atoms with Crippen LogP contribution in [-0.2, 0) is 9.59 Å². The molecule has 0 aliphatic carbocycles. The van der Waals surface area contributed by atoms with Crippen molar-refractivity contribution in [2.75, 3.05) is 11.9 Å². The summed E-state index contributed by atoms with van der Waals surface area (Å²) in [6.45, 7) is 2.32. The van der Waals surface area contributed by atoms with Gasteiger partial charge in [0.05, 0.1) is 11.6 Å². The molecule has 0 saturated heterocycles. The topological polar surface area (TPSA) is 75.6 Å². The summed E-state index contributed by atoms with van der Waals surface area (Å²) < 4.78 is 5.22. The van der Waals surface area contributed by atoms with Crippen LogP contribution >= 0.6 is 11.6 Å². The van der Waals surface area contributed by atoms with Crippen LogP contribution in [0.15, 0.2) is 18.2 Å². The molecule has 0 spiro atoms. The predicted molar refractivity (Wildman–Crippen MR) is 63.5 cm³/mol. The fourth-order valence-electron chi connectivity index (χ4n) is 1.19. The molecule has 2 N–H and O–H groups in total. The van der Waals surface area contributed by atoms with Crippen molar-refractivity contribution >= 4 is 29.2 Å². The van der Waals surface area contributed by atoms with Crippen LogP contribution in [0.5, 0.6) is 5.75 Å². The van der Waals surface area contributed by atoms with E-state index in [0.717, 1.165) is 0 Å². The molecule has 0 aliphatic rings. The fourth-order valence-corrected chi connectivity index (χ4v) is 1.43. The summed E-state index contributed by atoms with van der Waals surface area (Å²) in [4.78, 5) is 21.5. The minimum Gasteiger partial charge on any atom is -0.492 e. The third-order valence-electron chi connectivity index (χ3n) is 1.83. The highest BCUT2D eigenvalue weighted by Crippen LogP contribution is 2.27. The monoisotopic (exact) mass is 257 g/mol. The Labute approximate surface area is 103 Å². The van der Waals surface area contributed by atoms with Gasteiger partial charge in [0.25, 0.3) is 0 Å². The van der Waals surface area contributed by atoms with E-state index >= 15 is 0 Å². The van der Waals surface area contributed by atoms with Crippen LogP contribution in [0.1, 0.15) is 13.3 Å². The van der Waals surface area contributed by atoms with Crippen LogP contribution in [0, 0.1) is 0 Å². The summed E-state index contributed by atoms with van der Waals surface area (Å²) in [7, 11) is 0. The normalized spacial score (nSPS) is 9.76. The second kappa shape index (κ2) is 6.10. The SMILES string of the molecule is CCOc1ccc(NC(=O)CC(=O)O)cc1Cl. The number of benzene rings is 1. The van der Waals surface area contributed by atoms with E-state index in [1.807, 2.05) is 6.92 Å². The largest absolute Gasteiger partial charge is 0.492 e. The van der Waals surface area contributed by atoms with Crippen LogP contribution in [0.4, 0.5) is 5.69 Å². The molecule has 0 bridgehead atoms. The average Bonchev–Trinajstić information content (AvgIpc) is 2.21. The quantitative estimate of drug-likeness (QED) is 0.793. The van der Waals surface area contributed by atoms with Crippen molar-refractivity contribution in [3.05, 3.63) is 23.2 Å². The van der Waals surface area contributed by atoms with Gasteiger partial charge in [-0.15, -0.1) is 0 Å². The number of carboxylic acid groups (broad SMARTS) is 1. The van der Waals surface area contributed by atoms with Crippen molar-refractivity contribution < 1.29 is 19.4 Å². The van der Waals surface area contributed by atoms with Gasteiger partial charge in [-0.25, -0.2) is 0 Å². The van der Waals surface area contributed by atoms with Crippen molar-refractivity contribution in [3.63, 3.8) is 0 Å². The number of anilines is 1. The van der Waals surface area contributed by atoms with Gasteiger partial charge in [0.15, 0.2) is 0 Å². The second-order valence-electron chi connectivity index (χ2n) is 3.20. The first kappa shape index (κ1) is 13.3. The summed E-state index contributed by atoms with van der Waals surface area (Å²) >= 11 is 5.90. The van der Waals surface area contributed by atoms with E-state index in [-0.39, 0.29) is 0 Å². The van der Waals surface area contributed by atoms with Crippen molar-refractivity contribution in [3.8, 4) is 5.75 Å². The van der Waals surface area contributed by atoms with Crippen LogP contribution in [0.2, 0.25) is 5.02 Å². The van der Waals surface area contributed by atoms with Crippen LogP contribution in [0.3, 0.4) is 0 Å². The highest BCUT2D eigenvalue weighted by Gasteiger charge is 2.09. The lowest BCUT2D eigenvalue weighted by Crippen LogP contribution is -2.15. The van der Waals surface area contributed by atoms with E-state index in [1.54, 1.807) is 12.1 Å². The second-order valence-corrected chi connectivity index (χ2v) is 3.60. The summed E-state index contributed by atoms with van der Waals surface area (Å²) in [5.41, 5.74) is 0.435. The molecule has 0 fully saturated rings. The molecule has 5 nitrogen and oxygen atoms in total. The predicted octanol–water partition coefficient (Wildman–Crippen LogP) is 2.15. The smallest absolute Gasteiger partial charge is 0.312 e. The number of carboxylic acids is 1. The Bertz CT molecular complexity index is 433. The van der Waals surface area contributed by atoms with E-state index in [9.17, 15) is 9.59 Å². The van der Waals surface area contributed by atoms with Gasteiger partial charge >= 0.3 is 5.97 Å². The van der Waals surface area contributed by atoms with Crippen LogP contribution in [-0.4, -0.2) is 23.6 Å². The summed E-state index contributed by atoms with van der Waals surface area (Å²) in [6.07, 6.45) is -0.579. The minimum atomic E-state index is -1.18. The number of rotatable bonds is 5. The lowest BCUT2D eigenvalue weighted by Gasteiger charge is -2.08. The fraction of sp³-hybridized carbons (Fsp3) is 0.273. The summed E-state index contributed by atoms with van der Waals surface area (Å²) in [5, 5.41) is 11.2. The van der Waals surface area contributed by atoms with Crippen molar-refractivity contribution in [2.24, 2.45) is 0 Å². The Hall–Kier alpha value is -1.75. The minimum absolute atomic E-state index is 0.361. The summed E-state index contributed by atoms with van der Waals surface area (Å²) in [5.74, 6) is -1.26. The molecule has 0 radical (unpaired) electrons. The third kappa shape index (κ3) is 4.32. The molecule has 17 heavy (non-hydrogen) atoms. The standard InChI is InChI=1S/C11H12ClNO4/c1-2-17-9-4-3-7(5-8(9)12)13-10(14)6-11(15)16/h3-5H,2,6H2,1H3,(H,13,14)(H,15,16). The number of nitrogens with one attached hydrogen (secondary N) is 1. The zero-order valence-electron chi connectivity index (χ0n) is 9.20. The first-order valence-electron chi connectivity index (χ1n) is 4.97. The van der Waals surface area contributed by atoms with Crippen molar-refractivity contribution in [1.82, 2.24) is 0 Å². The number of carbonyl (C=O) groups excluding carboxylic acids is 1. The maximum atomic E-state index is 11.2.